The molecule has 1 aromatic heterocycles. The van der Waals surface area contributed by atoms with Crippen molar-refractivity contribution in [3.63, 3.8) is 0 Å². The summed E-state index contributed by atoms with van der Waals surface area (Å²) in [7, 11) is 3.45. The third kappa shape index (κ3) is 4.56. The number of benzene rings is 1. The molecule has 0 saturated carbocycles. The van der Waals surface area contributed by atoms with Gasteiger partial charge >= 0.3 is 0 Å². The van der Waals surface area contributed by atoms with E-state index in [2.05, 4.69) is 19.0 Å². The first-order valence-electron chi connectivity index (χ1n) is 9.18. The summed E-state index contributed by atoms with van der Waals surface area (Å²) >= 11 is 0. The van der Waals surface area contributed by atoms with Gasteiger partial charge < -0.3 is 14.2 Å². The van der Waals surface area contributed by atoms with E-state index < -0.39 is 0 Å². The fraction of sp³-hybridized carbons (Fsp3) is 0.476. The summed E-state index contributed by atoms with van der Waals surface area (Å²) in [6, 6.07) is 7.61. The van der Waals surface area contributed by atoms with Gasteiger partial charge in [0.05, 0.1) is 24.3 Å². The SMILES string of the molecule is CN(C)C(=O)CCOc1ccc(Cc2onc3c2C(=O)CC(C)(C)C3)cc1. The zero-order valence-electron chi connectivity index (χ0n) is 16.4. The predicted octanol–water partition coefficient (Wildman–Crippen LogP) is 3.28. The molecule has 0 bridgehead atoms. The van der Waals surface area contributed by atoms with E-state index >= 15 is 0 Å². The topological polar surface area (TPSA) is 72.6 Å². The van der Waals surface area contributed by atoms with E-state index in [9.17, 15) is 9.59 Å². The van der Waals surface area contributed by atoms with Crippen LogP contribution in [0.1, 0.15) is 54.1 Å². The number of carbonyl (C=O) groups is 2. The number of amides is 1. The van der Waals surface area contributed by atoms with E-state index in [0.717, 1.165) is 17.7 Å². The maximum Gasteiger partial charge on any atom is 0.225 e. The van der Waals surface area contributed by atoms with Gasteiger partial charge in [0.2, 0.25) is 5.91 Å². The van der Waals surface area contributed by atoms with Crippen LogP contribution in [0, 0.1) is 5.41 Å². The van der Waals surface area contributed by atoms with Crippen molar-refractivity contribution >= 4 is 11.7 Å². The highest BCUT2D eigenvalue weighted by Gasteiger charge is 2.35. The zero-order valence-corrected chi connectivity index (χ0v) is 16.4. The molecule has 144 valence electrons. The molecule has 1 aromatic carbocycles. The Bertz CT molecular complexity index is 834. The molecule has 0 spiro atoms. The Hall–Kier alpha value is -2.63. The van der Waals surface area contributed by atoms with Crippen molar-refractivity contribution in [3.05, 3.63) is 46.8 Å². The maximum atomic E-state index is 12.5. The number of rotatable bonds is 6. The van der Waals surface area contributed by atoms with Crippen LogP contribution in [0.3, 0.4) is 0 Å². The molecule has 27 heavy (non-hydrogen) atoms. The van der Waals surface area contributed by atoms with Crippen LogP contribution in [0.25, 0.3) is 0 Å². The number of nitrogens with zero attached hydrogens (tertiary/aromatic N) is 2. The highest BCUT2D eigenvalue weighted by Crippen LogP contribution is 2.36. The number of fused-ring (bicyclic) bond motifs is 1. The first kappa shape index (κ1) is 19.1. The number of ether oxygens (including phenoxy) is 1. The lowest BCUT2D eigenvalue weighted by Gasteiger charge is -2.26. The Morgan fingerprint density at radius 2 is 1.93 bits per heavy atom. The van der Waals surface area contributed by atoms with E-state index in [1.165, 1.54) is 0 Å². The molecule has 1 amide bonds. The first-order valence-corrected chi connectivity index (χ1v) is 9.18. The molecule has 6 nitrogen and oxygen atoms in total. The minimum atomic E-state index is -0.0643. The summed E-state index contributed by atoms with van der Waals surface area (Å²) in [5, 5.41) is 4.13. The molecule has 0 saturated heterocycles. The van der Waals surface area contributed by atoms with Gasteiger partial charge in [-0.05, 0) is 29.5 Å². The van der Waals surface area contributed by atoms with Crippen molar-refractivity contribution < 1.29 is 18.8 Å². The van der Waals surface area contributed by atoms with Crippen molar-refractivity contribution in [2.45, 2.75) is 39.5 Å². The Balaban J connectivity index is 1.62. The maximum absolute atomic E-state index is 12.5. The van der Waals surface area contributed by atoms with E-state index in [4.69, 9.17) is 9.26 Å². The van der Waals surface area contributed by atoms with Gasteiger partial charge in [-0.25, -0.2) is 0 Å². The first-order chi connectivity index (χ1) is 12.7. The monoisotopic (exact) mass is 370 g/mol. The summed E-state index contributed by atoms with van der Waals surface area (Å²) in [6.07, 6.45) is 2.15. The molecule has 2 aromatic rings. The van der Waals surface area contributed by atoms with Gasteiger partial charge in [0.15, 0.2) is 11.5 Å². The largest absolute Gasteiger partial charge is 0.493 e. The molecule has 6 heteroatoms. The predicted molar refractivity (Wildman–Crippen MR) is 101 cm³/mol. The van der Waals surface area contributed by atoms with Crippen molar-refractivity contribution in [2.24, 2.45) is 5.41 Å². The highest BCUT2D eigenvalue weighted by atomic mass is 16.5. The Morgan fingerprint density at radius 3 is 2.59 bits per heavy atom. The standard InChI is InChI=1S/C21H26N2O4/c1-21(2)12-16-20(17(24)13-21)18(27-22-16)11-14-5-7-15(8-6-14)26-10-9-19(25)23(3)4/h5-8H,9-13H2,1-4H3. The minimum Gasteiger partial charge on any atom is -0.493 e. The Morgan fingerprint density at radius 1 is 1.22 bits per heavy atom. The van der Waals surface area contributed by atoms with Crippen LogP contribution >= 0.6 is 0 Å². The second-order valence-electron chi connectivity index (χ2n) is 8.08. The summed E-state index contributed by atoms with van der Waals surface area (Å²) in [5.74, 6) is 1.50. The summed E-state index contributed by atoms with van der Waals surface area (Å²) in [6.45, 7) is 4.50. The molecule has 0 radical (unpaired) electrons. The number of aromatic nitrogens is 1. The van der Waals surface area contributed by atoms with Crippen molar-refractivity contribution in [3.8, 4) is 5.75 Å². The molecule has 3 rings (SSSR count). The molecule has 0 fully saturated rings. The van der Waals surface area contributed by atoms with E-state index in [0.29, 0.717) is 42.9 Å². The van der Waals surface area contributed by atoms with Crippen LogP contribution in [0.2, 0.25) is 0 Å². The number of carbonyl (C=O) groups excluding carboxylic acids is 2. The van der Waals surface area contributed by atoms with Crippen LogP contribution in [0.15, 0.2) is 28.8 Å². The molecule has 0 atom stereocenters. The number of Topliss-reactive ketones (excluding diaryl/α,β-unsaturated/α-hetero) is 1. The van der Waals surface area contributed by atoms with Crippen LogP contribution in [0.4, 0.5) is 0 Å². The van der Waals surface area contributed by atoms with Crippen molar-refractivity contribution in [1.29, 1.82) is 0 Å². The van der Waals surface area contributed by atoms with Crippen molar-refractivity contribution in [2.75, 3.05) is 20.7 Å². The van der Waals surface area contributed by atoms with Gasteiger partial charge in [-0.3, -0.25) is 9.59 Å². The summed E-state index contributed by atoms with van der Waals surface area (Å²) in [5.41, 5.74) is 2.39. The van der Waals surface area contributed by atoms with Crippen LogP contribution in [-0.2, 0) is 17.6 Å². The highest BCUT2D eigenvalue weighted by molar-refractivity contribution is 5.99. The molecular formula is C21H26N2O4. The lowest BCUT2D eigenvalue weighted by molar-refractivity contribution is -0.129. The quantitative estimate of drug-likeness (QED) is 0.780. The minimum absolute atomic E-state index is 0.0366. The Kier molecular flexibility index (Phi) is 5.35. The summed E-state index contributed by atoms with van der Waals surface area (Å²) < 4.78 is 11.1. The molecule has 0 N–H and O–H groups in total. The van der Waals surface area contributed by atoms with E-state index in [1.54, 1.807) is 19.0 Å². The van der Waals surface area contributed by atoms with Gasteiger partial charge in [0, 0.05) is 26.9 Å². The fourth-order valence-corrected chi connectivity index (χ4v) is 3.33. The van der Waals surface area contributed by atoms with Gasteiger partial charge in [0.25, 0.3) is 0 Å². The average molecular weight is 370 g/mol. The number of ketones is 1. The van der Waals surface area contributed by atoms with Crippen LogP contribution < -0.4 is 4.74 Å². The lowest BCUT2D eigenvalue weighted by Crippen LogP contribution is -2.27. The number of hydrogen-bond acceptors (Lipinski definition) is 5. The third-order valence-corrected chi connectivity index (χ3v) is 4.77. The zero-order chi connectivity index (χ0) is 19.6. The molecular weight excluding hydrogens is 344 g/mol. The summed E-state index contributed by atoms with van der Waals surface area (Å²) in [4.78, 5) is 25.6. The lowest BCUT2D eigenvalue weighted by atomic mass is 9.75. The van der Waals surface area contributed by atoms with Gasteiger partial charge in [0.1, 0.15) is 5.75 Å². The fourth-order valence-electron chi connectivity index (χ4n) is 3.33. The molecule has 1 heterocycles. The molecule has 0 unspecified atom stereocenters. The molecule has 0 aliphatic heterocycles. The smallest absolute Gasteiger partial charge is 0.225 e. The van der Waals surface area contributed by atoms with Crippen molar-refractivity contribution in [1.82, 2.24) is 10.1 Å². The number of hydrogen-bond donors (Lipinski definition) is 0. The normalized spacial score (nSPS) is 15.3. The van der Waals surface area contributed by atoms with E-state index in [-0.39, 0.29) is 17.1 Å². The van der Waals surface area contributed by atoms with Gasteiger partial charge in [-0.1, -0.05) is 31.1 Å². The van der Waals surface area contributed by atoms with Gasteiger partial charge in [-0.15, -0.1) is 0 Å². The van der Waals surface area contributed by atoms with Gasteiger partial charge in [-0.2, -0.15) is 0 Å². The molecule has 1 aliphatic rings. The second kappa shape index (κ2) is 7.55. The molecule has 1 aliphatic carbocycles. The van der Waals surface area contributed by atoms with E-state index in [1.807, 2.05) is 24.3 Å². The average Bonchev–Trinajstić information content (AvgIpc) is 2.97. The van der Waals surface area contributed by atoms with Crippen LogP contribution in [-0.4, -0.2) is 42.4 Å². The van der Waals surface area contributed by atoms with Crippen LogP contribution in [0.5, 0.6) is 5.75 Å². The Labute approximate surface area is 159 Å². The second-order valence-corrected chi connectivity index (χ2v) is 8.08. The third-order valence-electron chi connectivity index (χ3n) is 4.77.